The molecule has 2 aromatic carbocycles. The molecule has 0 unspecified atom stereocenters. The summed E-state index contributed by atoms with van der Waals surface area (Å²) < 4.78 is 6.00. The number of carbonyl (C=O) groups excluding carboxylic acids is 1. The van der Waals surface area contributed by atoms with Gasteiger partial charge in [-0.05, 0) is 49.6 Å². The van der Waals surface area contributed by atoms with E-state index in [0.717, 1.165) is 33.8 Å². The van der Waals surface area contributed by atoms with E-state index in [9.17, 15) is 4.79 Å². The van der Waals surface area contributed by atoms with Crippen molar-refractivity contribution in [2.75, 3.05) is 10.6 Å². The predicted octanol–water partition coefficient (Wildman–Crippen LogP) is 5.23. The van der Waals surface area contributed by atoms with Gasteiger partial charge >= 0.3 is 6.03 Å². The van der Waals surface area contributed by atoms with Crippen molar-refractivity contribution in [2.45, 2.75) is 27.4 Å². The van der Waals surface area contributed by atoms with E-state index in [2.05, 4.69) is 15.6 Å². The van der Waals surface area contributed by atoms with Crippen LogP contribution in [0.4, 0.5) is 16.3 Å². The van der Waals surface area contributed by atoms with E-state index in [1.807, 2.05) is 81.4 Å². The van der Waals surface area contributed by atoms with Crippen molar-refractivity contribution in [1.82, 2.24) is 4.98 Å². The highest BCUT2D eigenvalue weighted by atomic mass is 16.5. The highest BCUT2D eigenvalue weighted by molar-refractivity contribution is 5.99. The first-order chi connectivity index (χ1) is 13.0. The van der Waals surface area contributed by atoms with Crippen LogP contribution in [-0.4, -0.2) is 11.0 Å². The van der Waals surface area contributed by atoms with Gasteiger partial charge in [0.1, 0.15) is 18.2 Å². The van der Waals surface area contributed by atoms with Crippen LogP contribution < -0.4 is 15.4 Å². The summed E-state index contributed by atoms with van der Waals surface area (Å²) >= 11 is 0. The smallest absolute Gasteiger partial charge is 0.324 e. The molecule has 0 aliphatic heterocycles. The van der Waals surface area contributed by atoms with Crippen molar-refractivity contribution in [1.29, 1.82) is 0 Å². The second kappa shape index (κ2) is 8.36. The van der Waals surface area contributed by atoms with E-state index in [1.165, 1.54) is 0 Å². The van der Waals surface area contributed by atoms with Gasteiger partial charge in [-0.25, -0.2) is 9.78 Å². The second-order valence-corrected chi connectivity index (χ2v) is 6.34. The molecule has 27 heavy (non-hydrogen) atoms. The van der Waals surface area contributed by atoms with Crippen LogP contribution in [0.15, 0.2) is 60.7 Å². The lowest BCUT2D eigenvalue weighted by molar-refractivity contribution is 0.262. The Bertz CT molecular complexity index is 925. The monoisotopic (exact) mass is 361 g/mol. The van der Waals surface area contributed by atoms with Gasteiger partial charge in [-0.2, -0.15) is 0 Å². The van der Waals surface area contributed by atoms with Crippen molar-refractivity contribution in [2.24, 2.45) is 0 Å². The van der Waals surface area contributed by atoms with Crippen LogP contribution in [-0.2, 0) is 6.61 Å². The Morgan fingerprint density at radius 2 is 1.52 bits per heavy atom. The van der Waals surface area contributed by atoms with Gasteiger partial charge in [0.25, 0.3) is 0 Å². The number of nitrogens with one attached hydrogen (secondary N) is 2. The Balaban J connectivity index is 1.73. The summed E-state index contributed by atoms with van der Waals surface area (Å²) in [7, 11) is 0. The maximum atomic E-state index is 12.3. The molecule has 0 fully saturated rings. The molecule has 0 saturated heterocycles. The molecule has 3 rings (SSSR count). The van der Waals surface area contributed by atoms with Crippen molar-refractivity contribution in [3.8, 4) is 5.75 Å². The number of aryl methyl sites for hydroxylation is 1. The Morgan fingerprint density at radius 1 is 0.889 bits per heavy atom. The zero-order chi connectivity index (χ0) is 19.2. The number of carbonyl (C=O) groups is 1. The average Bonchev–Trinajstić information content (AvgIpc) is 2.67. The van der Waals surface area contributed by atoms with E-state index < -0.39 is 0 Å². The topological polar surface area (TPSA) is 63.2 Å². The van der Waals surface area contributed by atoms with Crippen molar-refractivity contribution >= 4 is 17.5 Å². The summed E-state index contributed by atoms with van der Waals surface area (Å²) in [5, 5.41) is 5.62. The molecule has 5 nitrogen and oxygen atoms in total. The Hall–Kier alpha value is -3.34. The van der Waals surface area contributed by atoms with Gasteiger partial charge in [0.15, 0.2) is 0 Å². The predicted molar refractivity (Wildman–Crippen MR) is 108 cm³/mol. The first-order valence-electron chi connectivity index (χ1n) is 8.82. The van der Waals surface area contributed by atoms with Crippen molar-refractivity contribution in [3.63, 3.8) is 0 Å². The normalized spacial score (nSPS) is 10.3. The Kier molecular flexibility index (Phi) is 5.71. The first-order valence-corrected chi connectivity index (χ1v) is 8.82. The maximum Gasteiger partial charge on any atom is 0.324 e. The van der Waals surface area contributed by atoms with E-state index >= 15 is 0 Å². The van der Waals surface area contributed by atoms with Crippen LogP contribution in [0.2, 0.25) is 0 Å². The number of ether oxygens (including phenoxy) is 1. The van der Waals surface area contributed by atoms with Crippen LogP contribution in [0.3, 0.4) is 0 Å². The molecule has 5 heteroatoms. The van der Waals surface area contributed by atoms with E-state index in [4.69, 9.17) is 4.74 Å². The fourth-order valence-electron chi connectivity index (χ4n) is 2.78. The molecule has 0 radical (unpaired) electrons. The summed E-state index contributed by atoms with van der Waals surface area (Å²) in [5.41, 5.74) is 4.41. The van der Waals surface area contributed by atoms with Crippen LogP contribution in [0.5, 0.6) is 5.75 Å². The van der Waals surface area contributed by atoms with Crippen LogP contribution in [0, 0.1) is 20.8 Å². The Labute approximate surface area is 159 Å². The van der Waals surface area contributed by atoms with Crippen LogP contribution in [0.1, 0.15) is 22.4 Å². The second-order valence-electron chi connectivity index (χ2n) is 6.34. The molecule has 2 N–H and O–H groups in total. The molecule has 0 bridgehead atoms. The van der Waals surface area contributed by atoms with Crippen molar-refractivity contribution < 1.29 is 9.53 Å². The minimum atomic E-state index is -0.325. The first kappa shape index (κ1) is 18.5. The number of rotatable bonds is 5. The van der Waals surface area contributed by atoms with Gasteiger partial charge in [-0.3, -0.25) is 5.32 Å². The molecule has 0 spiro atoms. The minimum absolute atomic E-state index is 0.325. The molecule has 2 amide bonds. The highest BCUT2D eigenvalue weighted by Crippen LogP contribution is 2.29. The number of amides is 2. The van der Waals surface area contributed by atoms with Gasteiger partial charge in [0.05, 0.1) is 5.69 Å². The van der Waals surface area contributed by atoms with E-state index in [0.29, 0.717) is 12.4 Å². The lowest BCUT2D eigenvalue weighted by Crippen LogP contribution is -2.21. The molecule has 1 heterocycles. The molecule has 0 aliphatic rings. The summed E-state index contributed by atoms with van der Waals surface area (Å²) in [4.78, 5) is 16.8. The fourth-order valence-corrected chi connectivity index (χ4v) is 2.78. The lowest BCUT2D eigenvalue weighted by Gasteiger charge is -2.17. The number of para-hydroxylation sites is 1. The lowest BCUT2D eigenvalue weighted by atomic mass is 10.1. The summed E-state index contributed by atoms with van der Waals surface area (Å²) in [6, 6.07) is 19.0. The third-order valence-corrected chi connectivity index (χ3v) is 4.36. The molecule has 0 atom stereocenters. The standard InChI is InChI=1S/C22H23N3O2/c1-15-16(2)21(25-22(26)24-19-12-8-5-9-13-19)23-17(3)20(15)27-14-18-10-6-4-7-11-18/h4-13H,14H2,1-3H3,(H2,23,24,25,26). The molecule has 0 aliphatic carbocycles. The number of anilines is 2. The van der Waals surface area contributed by atoms with Crippen molar-refractivity contribution in [3.05, 3.63) is 83.0 Å². The maximum absolute atomic E-state index is 12.3. The number of aromatic nitrogens is 1. The molecular formula is C22H23N3O2. The fraction of sp³-hybridized carbons (Fsp3) is 0.182. The number of pyridine rings is 1. The SMILES string of the molecule is Cc1nc(NC(=O)Nc2ccccc2)c(C)c(C)c1OCc1ccccc1. The number of hydrogen-bond donors (Lipinski definition) is 2. The molecular weight excluding hydrogens is 338 g/mol. The summed E-state index contributed by atoms with van der Waals surface area (Å²) in [6.07, 6.45) is 0. The van der Waals surface area contributed by atoms with Gasteiger partial charge in [0, 0.05) is 5.69 Å². The number of nitrogens with zero attached hydrogens (tertiary/aromatic N) is 1. The van der Waals surface area contributed by atoms with Gasteiger partial charge in [0.2, 0.25) is 0 Å². The third-order valence-electron chi connectivity index (χ3n) is 4.36. The van der Waals surface area contributed by atoms with Crippen LogP contribution >= 0.6 is 0 Å². The molecule has 138 valence electrons. The van der Waals surface area contributed by atoms with Gasteiger partial charge < -0.3 is 10.1 Å². The Morgan fingerprint density at radius 3 is 2.19 bits per heavy atom. The zero-order valence-corrected chi connectivity index (χ0v) is 15.7. The van der Waals surface area contributed by atoms with E-state index in [-0.39, 0.29) is 6.03 Å². The number of benzene rings is 2. The van der Waals surface area contributed by atoms with Gasteiger partial charge in [-0.1, -0.05) is 48.5 Å². The number of hydrogen-bond acceptors (Lipinski definition) is 3. The molecule has 1 aromatic heterocycles. The zero-order valence-electron chi connectivity index (χ0n) is 15.7. The third kappa shape index (κ3) is 4.64. The highest BCUT2D eigenvalue weighted by Gasteiger charge is 2.15. The van der Waals surface area contributed by atoms with Gasteiger partial charge in [-0.15, -0.1) is 0 Å². The number of urea groups is 1. The summed E-state index contributed by atoms with van der Waals surface area (Å²) in [6.45, 7) is 6.26. The van der Waals surface area contributed by atoms with E-state index in [1.54, 1.807) is 0 Å². The minimum Gasteiger partial charge on any atom is -0.487 e. The average molecular weight is 361 g/mol. The van der Waals surface area contributed by atoms with Crippen LogP contribution in [0.25, 0.3) is 0 Å². The largest absolute Gasteiger partial charge is 0.487 e. The molecule has 3 aromatic rings. The summed E-state index contributed by atoms with van der Waals surface area (Å²) in [5.74, 6) is 1.29. The quantitative estimate of drug-likeness (QED) is 0.654. The molecule has 0 saturated carbocycles.